The fraction of sp³-hybridized carbons (Fsp3) is 0.370. The van der Waals surface area contributed by atoms with Crippen molar-refractivity contribution in [3.8, 4) is 22.4 Å². The number of aromatic nitrogens is 4. The molecule has 1 aliphatic heterocycles. The number of nitrogens with zero attached hydrogens (tertiary/aromatic N) is 4. The number of nitrogens with one attached hydrogen (secondary N) is 1. The highest BCUT2D eigenvalue weighted by molar-refractivity contribution is 6.76. The topological polar surface area (TPSA) is 85.3 Å². The van der Waals surface area contributed by atoms with Crippen molar-refractivity contribution in [2.45, 2.75) is 32.4 Å². The minimum atomic E-state index is -1.17. The van der Waals surface area contributed by atoms with Crippen molar-refractivity contribution >= 4 is 24.8 Å². The Bertz CT molecular complexity index is 1380. The van der Waals surface area contributed by atoms with Gasteiger partial charge in [-0.3, -0.25) is 4.79 Å². The summed E-state index contributed by atoms with van der Waals surface area (Å²) in [5, 5.41) is 6.04. The predicted octanol–water partition coefficient (Wildman–Crippen LogP) is 4.60. The van der Waals surface area contributed by atoms with Crippen molar-refractivity contribution in [1.82, 2.24) is 19.7 Å². The number of fused-ring (bicyclic) bond motifs is 1. The molecule has 1 aromatic carbocycles. The molecule has 4 heterocycles. The van der Waals surface area contributed by atoms with Crippen LogP contribution >= 0.6 is 0 Å². The van der Waals surface area contributed by atoms with E-state index in [0.29, 0.717) is 19.9 Å². The van der Waals surface area contributed by atoms with E-state index in [1.807, 2.05) is 23.0 Å². The summed E-state index contributed by atoms with van der Waals surface area (Å²) in [5.41, 5.74) is 4.76. The highest BCUT2D eigenvalue weighted by Crippen LogP contribution is 2.33. The lowest BCUT2D eigenvalue weighted by Gasteiger charge is -2.27. The van der Waals surface area contributed by atoms with Crippen LogP contribution < -0.4 is 10.5 Å². The average Bonchev–Trinajstić information content (AvgIpc) is 3.25. The molecule has 0 saturated carbocycles. The van der Waals surface area contributed by atoms with Gasteiger partial charge in [-0.1, -0.05) is 25.7 Å². The van der Waals surface area contributed by atoms with Crippen LogP contribution in [0.1, 0.15) is 0 Å². The standard InChI is InChI=1S/C27H33N5O3Si/c1-36(2,3)15-14-35-19-32-24-6-4-20(22-5-7-26(33)29-18-22)16-23(24)27(30-32)21-8-9-28-25(17-21)31-10-12-34-13-11-31/h4-9,16-18H,10-15,19H2,1-3H3,(H,29,33). The molecule has 36 heavy (non-hydrogen) atoms. The molecular weight excluding hydrogens is 470 g/mol. The average molecular weight is 504 g/mol. The summed E-state index contributed by atoms with van der Waals surface area (Å²) in [5.74, 6) is 0.932. The molecule has 0 atom stereocenters. The van der Waals surface area contributed by atoms with Crippen LogP contribution in [0.5, 0.6) is 0 Å². The first-order valence-electron chi connectivity index (χ1n) is 12.4. The van der Waals surface area contributed by atoms with Crippen LogP contribution in [0.25, 0.3) is 33.3 Å². The first-order valence-corrected chi connectivity index (χ1v) is 16.1. The van der Waals surface area contributed by atoms with E-state index in [1.165, 1.54) is 0 Å². The van der Waals surface area contributed by atoms with Gasteiger partial charge in [-0.2, -0.15) is 5.10 Å². The van der Waals surface area contributed by atoms with Gasteiger partial charge in [0.15, 0.2) is 0 Å². The maximum atomic E-state index is 11.6. The Morgan fingerprint density at radius 1 is 1.03 bits per heavy atom. The molecule has 9 heteroatoms. The Balaban J connectivity index is 1.53. The van der Waals surface area contributed by atoms with Gasteiger partial charge in [0.1, 0.15) is 18.2 Å². The number of morpholine rings is 1. The molecule has 0 bridgehead atoms. The van der Waals surface area contributed by atoms with Gasteiger partial charge >= 0.3 is 0 Å². The summed E-state index contributed by atoms with van der Waals surface area (Å²) < 4.78 is 13.5. The lowest BCUT2D eigenvalue weighted by molar-refractivity contribution is 0.0818. The number of hydrogen-bond acceptors (Lipinski definition) is 6. The van der Waals surface area contributed by atoms with E-state index in [0.717, 1.165) is 64.8 Å². The van der Waals surface area contributed by atoms with Crippen LogP contribution in [-0.2, 0) is 16.2 Å². The van der Waals surface area contributed by atoms with Gasteiger partial charge in [0.25, 0.3) is 0 Å². The van der Waals surface area contributed by atoms with Crippen molar-refractivity contribution in [2.75, 3.05) is 37.8 Å². The van der Waals surface area contributed by atoms with E-state index in [1.54, 1.807) is 12.3 Å². The Labute approximate surface area is 211 Å². The number of benzene rings is 1. The van der Waals surface area contributed by atoms with E-state index in [4.69, 9.17) is 14.6 Å². The Morgan fingerprint density at radius 2 is 1.83 bits per heavy atom. The van der Waals surface area contributed by atoms with E-state index >= 15 is 0 Å². The summed E-state index contributed by atoms with van der Waals surface area (Å²) in [6.07, 6.45) is 3.59. The highest BCUT2D eigenvalue weighted by atomic mass is 28.3. The third-order valence-electron chi connectivity index (χ3n) is 6.43. The van der Waals surface area contributed by atoms with Crippen LogP contribution in [-0.4, -0.2) is 60.7 Å². The molecule has 1 saturated heterocycles. The van der Waals surface area contributed by atoms with Crippen molar-refractivity contribution in [3.63, 3.8) is 0 Å². The normalized spacial score (nSPS) is 14.5. The summed E-state index contributed by atoms with van der Waals surface area (Å²) in [6.45, 7) is 11.3. The van der Waals surface area contributed by atoms with E-state index < -0.39 is 8.07 Å². The maximum Gasteiger partial charge on any atom is 0.247 e. The molecule has 0 radical (unpaired) electrons. The zero-order valence-corrected chi connectivity index (χ0v) is 22.2. The molecule has 1 fully saturated rings. The zero-order valence-electron chi connectivity index (χ0n) is 21.2. The molecule has 3 aromatic heterocycles. The van der Waals surface area contributed by atoms with Crippen LogP contribution in [0.15, 0.2) is 59.7 Å². The molecule has 8 nitrogen and oxygen atoms in total. The zero-order chi connectivity index (χ0) is 25.1. The number of anilines is 1. The summed E-state index contributed by atoms with van der Waals surface area (Å²) >= 11 is 0. The quantitative estimate of drug-likeness (QED) is 0.279. The minimum Gasteiger partial charge on any atom is -0.378 e. The lowest BCUT2D eigenvalue weighted by atomic mass is 10.0. The van der Waals surface area contributed by atoms with Crippen LogP contribution in [0.3, 0.4) is 0 Å². The first kappa shape index (κ1) is 24.4. The third-order valence-corrected chi connectivity index (χ3v) is 8.14. The molecule has 5 rings (SSSR count). The van der Waals surface area contributed by atoms with Crippen molar-refractivity contribution in [1.29, 1.82) is 0 Å². The number of rotatable bonds is 8. The van der Waals surface area contributed by atoms with Gasteiger partial charge in [-0.25, -0.2) is 9.67 Å². The second-order valence-electron chi connectivity index (χ2n) is 10.4. The van der Waals surface area contributed by atoms with Gasteiger partial charge in [0.2, 0.25) is 5.56 Å². The molecule has 1 aliphatic rings. The number of hydrogen-bond donors (Lipinski definition) is 1. The number of pyridine rings is 2. The smallest absolute Gasteiger partial charge is 0.247 e. The second kappa shape index (κ2) is 10.4. The predicted molar refractivity (Wildman–Crippen MR) is 146 cm³/mol. The molecule has 0 unspecified atom stereocenters. The fourth-order valence-electron chi connectivity index (χ4n) is 4.32. The number of ether oxygens (including phenoxy) is 2. The molecule has 0 aliphatic carbocycles. The van der Waals surface area contributed by atoms with Gasteiger partial charge in [-0.05, 0) is 47.5 Å². The van der Waals surface area contributed by atoms with Crippen LogP contribution in [0, 0.1) is 0 Å². The summed E-state index contributed by atoms with van der Waals surface area (Å²) in [6, 6.07) is 14.9. The molecule has 0 amide bonds. The number of H-pyrrole nitrogens is 1. The van der Waals surface area contributed by atoms with E-state index in [9.17, 15) is 4.79 Å². The number of aromatic amines is 1. The molecule has 0 spiro atoms. The van der Waals surface area contributed by atoms with Gasteiger partial charge in [-0.15, -0.1) is 0 Å². The van der Waals surface area contributed by atoms with Crippen LogP contribution in [0.4, 0.5) is 5.82 Å². The van der Waals surface area contributed by atoms with Crippen LogP contribution in [0.2, 0.25) is 25.7 Å². The third kappa shape index (κ3) is 5.58. The van der Waals surface area contributed by atoms with Crippen molar-refractivity contribution < 1.29 is 9.47 Å². The molecular formula is C27H33N5O3Si. The first-order chi connectivity index (χ1) is 17.4. The molecule has 188 valence electrons. The minimum absolute atomic E-state index is 0.115. The Kier molecular flexibility index (Phi) is 7.04. The van der Waals surface area contributed by atoms with Crippen molar-refractivity contribution in [2.24, 2.45) is 0 Å². The SMILES string of the molecule is C[Si](C)(C)CCOCn1nc(-c2ccnc(N3CCOCC3)c2)c2cc(-c3ccc(=O)[nH]c3)ccc21. The maximum absolute atomic E-state index is 11.6. The summed E-state index contributed by atoms with van der Waals surface area (Å²) in [4.78, 5) is 21.2. The summed E-state index contributed by atoms with van der Waals surface area (Å²) in [7, 11) is -1.17. The fourth-order valence-corrected chi connectivity index (χ4v) is 5.08. The largest absolute Gasteiger partial charge is 0.378 e. The van der Waals surface area contributed by atoms with Gasteiger partial charge in [0.05, 0.1) is 18.7 Å². The second-order valence-corrected chi connectivity index (χ2v) is 16.0. The van der Waals surface area contributed by atoms with E-state index in [-0.39, 0.29) is 5.56 Å². The Morgan fingerprint density at radius 3 is 2.58 bits per heavy atom. The van der Waals surface area contributed by atoms with E-state index in [2.05, 4.69) is 58.8 Å². The highest BCUT2D eigenvalue weighted by Gasteiger charge is 2.18. The van der Waals surface area contributed by atoms with Gasteiger partial charge < -0.3 is 19.4 Å². The van der Waals surface area contributed by atoms with Gasteiger partial charge in [0, 0.05) is 57.2 Å². The molecule has 1 N–H and O–H groups in total. The van der Waals surface area contributed by atoms with Crippen molar-refractivity contribution in [3.05, 3.63) is 65.2 Å². The molecule has 4 aromatic rings. The lowest BCUT2D eigenvalue weighted by Crippen LogP contribution is -2.36. The Hall–Kier alpha value is -3.27. The monoisotopic (exact) mass is 503 g/mol.